The highest BCUT2D eigenvalue weighted by atomic mass is 35.5. The van der Waals surface area contributed by atoms with Crippen LogP contribution >= 0.6 is 11.6 Å². The van der Waals surface area contributed by atoms with E-state index in [1.165, 1.54) is 0 Å². The van der Waals surface area contributed by atoms with Crippen molar-refractivity contribution in [3.05, 3.63) is 18.5 Å². The molecule has 1 aromatic heterocycles. The predicted octanol–water partition coefficient (Wildman–Crippen LogP) is 0.256. The van der Waals surface area contributed by atoms with Crippen LogP contribution in [0.25, 0.3) is 0 Å². The molecule has 1 aliphatic heterocycles. The number of hydrogen-bond acceptors (Lipinski definition) is 3. The zero-order valence-electron chi connectivity index (χ0n) is 8.79. The van der Waals surface area contributed by atoms with Crippen LogP contribution in [0.15, 0.2) is 18.5 Å². The van der Waals surface area contributed by atoms with Gasteiger partial charge >= 0.3 is 0 Å². The highest BCUT2D eigenvalue weighted by Crippen LogP contribution is 2.21. The molecule has 1 aromatic rings. The Morgan fingerprint density at radius 2 is 2.38 bits per heavy atom. The van der Waals surface area contributed by atoms with Gasteiger partial charge in [-0.2, -0.15) is 5.10 Å². The number of aliphatic hydroxyl groups excluding tert-OH is 1. The SMILES string of the molecule is O=C(CCCl)N1C[C@H](O)[C@@H](n2cccn2)C1. The fourth-order valence-corrected chi connectivity index (χ4v) is 2.11. The molecule has 2 rings (SSSR count). The van der Waals surface area contributed by atoms with Gasteiger partial charge < -0.3 is 10.0 Å². The third kappa shape index (κ3) is 2.20. The van der Waals surface area contributed by atoms with Gasteiger partial charge in [-0.25, -0.2) is 0 Å². The van der Waals surface area contributed by atoms with E-state index in [0.29, 0.717) is 25.4 Å². The van der Waals surface area contributed by atoms with Gasteiger partial charge in [-0.3, -0.25) is 9.48 Å². The number of nitrogens with zero attached hydrogens (tertiary/aromatic N) is 3. The van der Waals surface area contributed by atoms with E-state index < -0.39 is 6.10 Å². The Balaban J connectivity index is 2.02. The lowest BCUT2D eigenvalue weighted by molar-refractivity contribution is -0.130. The predicted molar refractivity (Wildman–Crippen MR) is 59.2 cm³/mol. The molecular formula is C10H14ClN3O2. The fourth-order valence-electron chi connectivity index (χ4n) is 1.95. The second-order valence-electron chi connectivity index (χ2n) is 3.86. The molecule has 0 aromatic carbocycles. The summed E-state index contributed by atoms with van der Waals surface area (Å²) in [6.07, 6.45) is 3.22. The third-order valence-corrected chi connectivity index (χ3v) is 2.97. The highest BCUT2D eigenvalue weighted by molar-refractivity contribution is 6.18. The van der Waals surface area contributed by atoms with Gasteiger partial charge in [-0.1, -0.05) is 0 Å². The van der Waals surface area contributed by atoms with Gasteiger partial charge in [0.25, 0.3) is 0 Å². The lowest BCUT2D eigenvalue weighted by Gasteiger charge is -2.15. The summed E-state index contributed by atoms with van der Waals surface area (Å²) in [5.41, 5.74) is 0. The van der Waals surface area contributed by atoms with Gasteiger partial charge in [0.2, 0.25) is 5.91 Å². The molecule has 0 radical (unpaired) electrons. The smallest absolute Gasteiger partial charge is 0.223 e. The minimum atomic E-state index is -0.556. The molecule has 16 heavy (non-hydrogen) atoms. The van der Waals surface area contributed by atoms with Crippen molar-refractivity contribution in [3.63, 3.8) is 0 Å². The van der Waals surface area contributed by atoms with Gasteiger partial charge in [-0.15, -0.1) is 11.6 Å². The van der Waals surface area contributed by atoms with Gasteiger partial charge in [0.15, 0.2) is 0 Å². The second kappa shape index (κ2) is 4.84. The first-order chi connectivity index (χ1) is 7.72. The Hall–Kier alpha value is -1.07. The Bertz CT molecular complexity index is 355. The molecule has 1 saturated heterocycles. The minimum absolute atomic E-state index is 0.0105. The normalized spacial score (nSPS) is 25.0. The summed E-state index contributed by atoms with van der Waals surface area (Å²) in [7, 11) is 0. The number of carbonyl (C=O) groups excluding carboxylic acids is 1. The first-order valence-corrected chi connectivity index (χ1v) is 5.76. The number of likely N-dealkylation sites (tertiary alicyclic amines) is 1. The van der Waals surface area contributed by atoms with Crippen molar-refractivity contribution in [2.45, 2.75) is 18.6 Å². The molecule has 2 heterocycles. The Morgan fingerprint density at radius 3 is 3.00 bits per heavy atom. The van der Waals surface area contributed by atoms with Crippen LogP contribution in [0.1, 0.15) is 12.5 Å². The summed E-state index contributed by atoms with van der Waals surface area (Å²) >= 11 is 5.52. The number of hydrogen-bond donors (Lipinski definition) is 1. The summed E-state index contributed by atoms with van der Waals surface area (Å²) in [4.78, 5) is 13.2. The molecular weight excluding hydrogens is 230 g/mol. The van der Waals surface area contributed by atoms with Crippen LogP contribution < -0.4 is 0 Å². The topological polar surface area (TPSA) is 58.4 Å². The molecule has 0 spiro atoms. The van der Waals surface area contributed by atoms with Gasteiger partial charge in [0, 0.05) is 37.8 Å². The molecule has 6 heteroatoms. The molecule has 0 saturated carbocycles. The number of aliphatic hydroxyl groups is 1. The zero-order valence-corrected chi connectivity index (χ0v) is 9.55. The maximum atomic E-state index is 11.6. The van der Waals surface area contributed by atoms with Crippen LogP contribution in [0.4, 0.5) is 0 Å². The number of aromatic nitrogens is 2. The molecule has 0 aliphatic carbocycles. The zero-order chi connectivity index (χ0) is 11.5. The van der Waals surface area contributed by atoms with Crippen molar-refractivity contribution in [2.75, 3.05) is 19.0 Å². The lowest BCUT2D eigenvalue weighted by Crippen LogP contribution is -2.29. The van der Waals surface area contributed by atoms with Gasteiger partial charge in [-0.05, 0) is 6.07 Å². The Morgan fingerprint density at radius 1 is 1.56 bits per heavy atom. The quantitative estimate of drug-likeness (QED) is 0.775. The van der Waals surface area contributed by atoms with Crippen LogP contribution in [0.5, 0.6) is 0 Å². The second-order valence-corrected chi connectivity index (χ2v) is 4.24. The van der Waals surface area contributed by atoms with Crippen molar-refractivity contribution in [3.8, 4) is 0 Å². The van der Waals surface area contributed by atoms with E-state index in [1.807, 2.05) is 0 Å². The van der Waals surface area contributed by atoms with E-state index in [-0.39, 0.29) is 11.9 Å². The van der Waals surface area contributed by atoms with Crippen LogP contribution in [0, 0.1) is 0 Å². The first-order valence-electron chi connectivity index (χ1n) is 5.23. The number of amides is 1. The van der Waals surface area contributed by atoms with Crippen LogP contribution in [0.3, 0.4) is 0 Å². The number of rotatable bonds is 3. The minimum Gasteiger partial charge on any atom is -0.389 e. The number of β-amino-alcohol motifs (C(OH)–C–C–N with tert-alkyl or cyclic N) is 1. The molecule has 1 aliphatic rings. The van der Waals surface area contributed by atoms with Crippen molar-refractivity contribution < 1.29 is 9.90 Å². The average molecular weight is 244 g/mol. The summed E-state index contributed by atoms with van der Waals surface area (Å²) in [6, 6.07) is 1.66. The van der Waals surface area contributed by atoms with Gasteiger partial charge in [0.05, 0.1) is 12.1 Å². The summed E-state index contributed by atoms with van der Waals surface area (Å²) < 4.78 is 1.69. The standard InChI is InChI=1S/C10H14ClN3O2/c11-3-2-10(16)13-6-8(9(15)7-13)14-5-1-4-12-14/h1,4-5,8-9,15H,2-3,6-7H2/t8-,9-/m0/s1. The molecule has 2 atom stereocenters. The van der Waals surface area contributed by atoms with Crippen molar-refractivity contribution in [1.82, 2.24) is 14.7 Å². The molecule has 1 amide bonds. The Kier molecular flexibility index (Phi) is 3.46. The van der Waals surface area contributed by atoms with Crippen molar-refractivity contribution in [1.29, 1.82) is 0 Å². The molecule has 1 N–H and O–H groups in total. The maximum Gasteiger partial charge on any atom is 0.223 e. The largest absolute Gasteiger partial charge is 0.389 e. The molecule has 0 unspecified atom stereocenters. The van der Waals surface area contributed by atoms with Crippen LogP contribution in [-0.4, -0.2) is 50.8 Å². The summed E-state index contributed by atoms with van der Waals surface area (Å²) in [5.74, 6) is 0.307. The third-order valence-electron chi connectivity index (χ3n) is 2.78. The summed E-state index contributed by atoms with van der Waals surface area (Å²) in [6.45, 7) is 0.860. The highest BCUT2D eigenvalue weighted by Gasteiger charge is 2.34. The lowest BCUT2D eigenvalue weighted by atomic mass is 10.2. The van der Waals surface area contributed by atoms with E-state index in [2.05, 4.69) is 5.10 Å². The maximum absolute atomic E-state index is 11.6. The first kappa shape index (κ1) is 11.4. The van der Waals surface area contributed by atoms with E-state index in [1.54, 1.807) is 28.0 Å². The fraction of sp³-hybridized carbons (Fsp3) is 0.600. The molecule has 0 bridgehead atoms. The van der Waals surface area contributed by atoms with Crippen LogP contribution in [0.2, 0.25) is 0 Å². The van der Waals surface area contributed by atoms with E-state index in [9.17, 15) is 9.90 Å². The monoisotopic (exact) mass is 243 g/mol. The number of carbonyl (C=O) groups is 1. The Labute approximate surface area is 98.6 Å². The number of halogens is 1. The molecule has 88 valence electrons. The van der Waals surface area contributed by atoms with Crippen LogP contribution in [-0.2, 0) is 4.79 Å². The number of alkyl halides is 1. The van der Waals surface area contributed by atoms with E-state index in [0.717, 1.165) is 0 Å². The van der Waals surface area contributed by atoms with E-state index >= 15 is 0 Å². The van der Waals surface area contributed by atoms with Crippen molar-refractivity contribution >= 4 is 17.5 Å². The summed E-state index contributed by atoms with van der Waals surface area (Å²) in [5, 5.41) is 13.9. The molecule has 5 nitrogen and oxygen atoms in total. The average Bonchev–Trinajstić information content (AvgIpc) is 2.86. The van der Waals surface area contributed by atoms with Crippen molar-refractivity contribution in [2.24, 2.45) is 0 Å². The van der Waals surface area contributed by atoms with Gasteiger partial charge in [0.1, 0.15) is 0 Å². The van der Waals surface area contributed by atoms with E-state index in [4.69, 9.17) is 11.6 Å². The molecule has 1 fully saturated rings.